The van der Waals surface area contributed by atoms with Crippen molar-refractivity contribution < 1.29 is 33.6 Å². The summed E-state index contributed by atoms with van der Waals surface area (Å²) in [6.45, 7) is 17.9. The molecule has 0 spiro atoms. The number of aryl methyl sites for hydroxylation is 1. The first kappa shape index (κ1) is 24.8. The third-order valence-electron chi connectivity index (χ3n) is 3.68. The highest BCUT2D eigenvalue weighted by Gasteiger charge is 2.27. The Hall–Kier alpha value is -1.19. The predicted octanol–water partition coefficient (Wildman–Crippen LogP) is -1.60. The van der Waals surface area contributed by atoms with Crippen molar-refractivity contribution in [2.45, 2.75) is 79.6 Å². The Morgan fingerprint density at radius 1 is 0.808 bits per heavy atom. The molecule has 1 rings (SSSR count). The molecule has 0 aliphatic carbocycles. The molecule has 0 aliphatic rings. The van der Waals surface area contributed by atoms with Crippen molar-refractivity contribution >= 4 is 11.5 Å². The van der Waals surface area contributed by atoms with Crippen molar-refractivity contribution in [2.24, 2.45) is 7.05 Å². The Balaban J connectivity index is 0.00000110. The van der Waals surface area contributed by atoms with Gasteiger partial charge in [0.05, 0.1) is 5.69 Å². The molecule has 0 bridgehead atoms. The molecule has 0 radical (unpaired) electrons. The van der Waals surface area contributed by atoms with Crippen molar-refractivity contribution in [1.29, 1.82) is 0 Å². The maximum absolute atomic E-state index is 8.49. The molecule has 0 saturated carbocycles. The van der Waals surface area contributed by atoms with Crippen LogP contribution in [-0.2, 0) is 7.05 Å². The molecule has 0 atom stereocenters. The Morgan fingerprint density at radius 2 is 1.15 bits per heavy atom. The molecule has 8 nitrogen and oxygen atoms in total. The first-order chi connectivity index (χ1) is 11.7. The lowest BCUT2D eigenvalue weighted by Crippen LogP contribution is -2.68. The van der Waals surface area contributed by atoms with E-state index in [1.54, 1.807) is 0 Å². The fourth-order valence-corrected chi connectivity index (χ4v) is 3.11. The number of nitrogens with zero attached hydrogens (tertiary/aromatic N) is 4. The minimum absolute atomic E-state index is 0.417. The summed E-state index contributed by atoms with van der Waals surface area (Å²) in [5.74, 6) is 1.08. The van der Waals surface area contributed by atoms with Crippen LogP contribution in [0, 0.1) is 10.2 Å². The third kappa shape index (κ3) is 8.46. The second-order valence-corrected chi connectivity index (χ2v) is 8.02. The van der Waals surface area contributed by atoms with Gasteiger partial charge in [-0.2, -0.15) is 0 Å². The Bertz CT molecular complexity index is 526. The Kier molecular flexibility index (Phi) is 9.76. The summed E-state index contributed by atoms with van der Waals surface area (Å²) in [5.41, 5.74) is 1.22. The molecular weight excluding hydrogens is 360 g/mol. The molecule has 0 fully saturated rings. The molecule has 0 aromatic carbocycles. The van der Waals surface area contributed by atoms with Gasteiger partial charge in [0.1, 0.15) is 0 Å². The summed E-state index contributed by atoms with van der Waals surface area (Å²) >= 11 is 0. The van der Waals surface area contributed by atoms with E-state index in [0.29, 0.717) is 24.2 Å². The minimum atomic E-state index is -4.94. The molecule has 26 heavy (non-hydrogen) atoms. The predicted molar refractivity (Wildman–Crippen MR) is 90.9 cm³/mol. The quantitative estimate of drug-likeness (QED) is 0.535. The van der Waals surface area contributed by atoms with Crippen LogP contribution in [0.15, 0.2) is 12.3 Å². The standard InChI is InChI=1S/C17H33N4.ClHO4/c1-12(2)20(13(3)4)16-10-11-19(9)18-17(16)21(14(5)6)15(7)8;2-1(3,4)5/h10-15H,1-9H3;(H,2,3,4,5)/q+1;/p-1. The molecule has 0 amide bonds. The second-order valence-electron chi connectivity index (χ2n) is 7.27. The zero-order valence-electron chi connectivity index (χ0n) is 17.3. The summed E-state index contributed by atoms with van der Waals surface area (Å²) < 4.78 is 35.9. The molecule has 1 aromatic heterocycles. The van der Waals surface area contributed by atoms with Crippen LogP contribution in [0.3, 0.4) is 0 Å². The van der Waals surface area contributed by atoms with Crippen LogP contribution in [-0.4, -0.2) is 29.3 Å². The maximum Gasteiger partial charge on any atom is 0.220 e. The van der Waals surface area contributed by atoms with Crippen LogP contribution in [0.4, 0.5) is 11.5 Å². The summed E-state index contributed by atoms with van der Waals surface area (Å²) in [5, 5.41) is 4.80. The van der Waals surface area contributed by atoms with E-state index in [1.807, 2.05) is 17.9 Å². The lowest BCUT2D eigenvalue weighted by molar-refractivity contribution is -2.00. The fraction of sp³-hybridized carbons (Fsp3) is 0.765. The van der Waals surface area contributed by atoms with Gasteiger partial charge in [-0.25, -0.2) is 18.6 Å². The molecular formula is C17H33ClN4O4. The van der Waals surface area contributed by atoms with E-state index < -0.39 is 10.2 Å². The van der Waals surface area contributed by atoms with Crippen LogP contribution in [0.25, 0.3) is 0 Å². The molecule has 0 unspecified atom stereocenters. The summed E-state index contributed by atoms with van der Waals surface area (Å²) in [6.07, 6.45) is 2.04. The Morgan fingerprint density at radius 3 is 1.46 bits per heavy atom. The van der Waals surface area contributed by atoms with Crippen LogP contribution in [0.5, 0.6) is 0 Å². The normalized spacial score (nSPS) is 11.9. The van der Waals surface area contributed by atoms with E-state index >= 15 is 0 Å². The minimum Gasteiger partial charge on any atom is -0.363 e. The van der Waals surface area contributed by atoms with Crippen LogP contribution in [0.2, 0.25) is 0 Å². The van der Waals surface area contributed by atoms with Crippen molar-refractivity contribution in [2.75, 3.05) is 9.80 Å². The van der Waals surface area contributed by atoms with E-state index in [-0.39, 0.29) is 0 Å². The van der Waals surface area contributed by atoms with E-state index in [9.17, 15) is 0 Å². The van der Waals surface area contributed by atoms with Gasteiger partial charge in [-0.3, -0.25) is 0 Å². The van der Waals surface area contributed by atoms with E-state index in [0.717, 1.165) is 5.82 Å². The first-order valence-corrected chi connectivity index (χ1v) is 9.95. The molecule has 152 valence electrons. The second kappa shape index (κ2) is 10.2. The highest BCUT2D eigenvalue weighted by molar-refractivity contribution is 5.67. The van der Waals surface area contributed by atoms with Crippen molar-refractivity contribution in [3.63, 3.8) is 0 Å². The van der Waals surface area contributed by atoms with Crippen LogP contribution >= 0.6 is 0 Å². The number of rotatable bonds is 6. The number of hydrogen-bond donors (Lipinski definition) is 0. The summed E-state index contributed by atoms with van der Waals surface area (Å²) in [6, 6.07) is 3.92. The summed E-state index contributed by atoms with van der Waals surface area (Å²) in [4.78, 5) is 4.84. The zero-order chi connectivity index (χ0) is 20.8. The van der Waals surface area contributed by atoms with E-state index in [2.05, 4.69) is 71.3 Å². The largest absolute Gasteiger partial charge is 0.363 e. The monoisotopic (exact) mass is 392 g/mol. The SMILES string of the molecule is CC(C)N(c1cc[n+](C)nc1N(C(C)C)C(C)C)C(C)C.[O-][Cl+3]([O-])([O-])[O-]. The topological polar surface area (TPSA) is 115 Å². The van der Waals surface area contributed by atoms with E-state index in [4.69, 9.17) is 23.7 Å². The van der Waals surface area contributed by atoms with Gasteiger partial charge in [0.15, 0.2) is 13.2 Å². The van der Waals surface area contributed by atoms with Gasteiger partial charge in [-0.15, -0.1) is 10.2 Å². The van der Waals surface area contributed by atoms with Crippen molar-refractivity contribution in [3.8, 4) is 0 Å². The molecule has 1 aromatic rings. The van der Waals surface area contributed by atoms with Gasteiger partial charge in [-0.05, 0) is 55.4 Å². The van der Waals surface area contributed by atoms with Crippen molar-refractivity contribution in [1.82, 2.24) is 5.10 Å². The molecule has 0 saturated heterocycles. The average molecular weight is 393 g/mol. The lowest BCUT2D eigenvalue weighted by atomic mass is 10.1. The number of aromatic nitrogens is 2. The van der Waals surface area contributed by atoms with Gasteiger partial charge in [0.25, 0.3) is 0 Å². The fourth-order valence-electron chi connectivity index (χ4n) is 3.11. The van der Waals surface area contributed by atoms with Gasteiger partial charge >= 0.3 is 0 Å². The zero-order valence-corrected chi connectivity index (χ0v) is 18.0. The van der Waals surface area contributed by atoms with Crippen LogP contribution < -0.4 is 33.1 Å². The summed E-state index contributed by atoms with van der Waals surface area (Å²) in [7, 11) is -2.96. The third-order valence-corrected chi connectivity index (χ3v) is 3.68. The smallest absolute Gasteiger partial charge is 0.220 e. The average Bonchev–Trinajstić information content (AvgIpc) is 2.37. The van der Waals surface area contributed by atoms with Gasteiger partial charge in [-0.1, -0.05) is 4.68 Å². The van der Waals surface area contributed by atoms with Crippen LogP contribution in [0.1, 0.15) is 55.4 Å². The molecule has 0 aliphatic heterocycles. The highest BCUT2D eigenvalue weighted by atomic mass is 35.7. The maximum atomic E-state index is 8.49. The van der Waals surface area contributed by atoms with Gasteiger partial charge < -0.3 is 9.80 Å². The van der Waals surface area contributed by atoms with E-state index in [1.165, 1.54) is 5.69 Å². The van der Waals surface area contributed by atoms with Gasteiger partial charge in [0, 0.05) is 35.3 Å². The number of anilines is 2. The van der Waals surface area contributed by atoms with Gasteiger partial charge in [0.2, 0.25) is 5.82 Å². The number of halogens is 1. The molecule has 1 heterocycles. The molecule has 9 heteroatoms. The van der Waals surface area contributed by atoms with Crippen molar-refractivity contribution in [3.05, 3.63) is 12.3 Å². The number of hydrogen-bond acceptors (Lipinski definition) is 7. The highest BCUT2D eigenvalue weighted by Crippen LogP contribution is 2.31. The Labute approximate surface area is 159 Å². The first-order valence-electron chi connectivity index (χ1n) is 8.72. The molecule has 0 N–H and O–H groups in total. The lowest BCUT2D eigenvalue weighted by Gasteiger charge is -2.38.